The molecule has 0 saturated heterocycles. The lowest BCUT2D eigenvalue weighted by Crippen LogP contribution is -2.21. The zero-order valence-corrected chi connectivity index (χ0v) is 10.5. The van der Waals surface area contributed by atoms with Gasteiger partial charge in [-0.25, -0.2) is 0 Å². The van der Waals surface area contributed by atoms with E-state index in [0.717, 1.165) is 18.4 Å². The van der Waals surface area contributed by atoms with Crippen LogP contribution in [0.25, 0.3) is 0 Å². The normalized spacial score (nSPS) is 29.2. The Bertz CT molecular complexity index is 334. The molecule has 0 aromatic heterocycles. The van der Waals surface area contributed by atoms with E-state index in [0.29, 0.717) is 6.10 Å². The van der Waals surface area contributed by atoms with Crippen LogP contribution in [-0.4, -0.2) is 12.7 Å². The number of hydrogen-bond donors (Lipinski definition) is 0. The minimum Gasteiger partial charge on any atom is -0.378 e. The Morgan fingerprint density at radius 1 is 0.882 bits per heavy atom. The van der Waals surface area contributed by atoms with Gasteiger partial charge < -0.3 is 4.74 Å². The molecule has 2 fully saturated rings. The highest BCUT2D eigenvalue weighted by Gasteiger charge is 2.26. The molecule has 1 aromatic carbocycles. The summed E-state index contributed by atoms with van der Waals surface area (Å²) in [6.45, 7) is 1.03. The number of benzene rings is 1. The summed E-state index contributed by atoms with van der Waals surface area (Å²) in [5, 5.41) is 0. The molecule has 0 spiro atoms. The third kappa shape index (κ3) is 3.10. The van der Waals surface area contributed by atoms with E-state index in [1.165, 1.54) is 44.1 Å². The Kier molecular flexibility index (Phi) is 3.46. The summed E-state index contributed by atoms with van der Waals surface area (Å²) in [5.41, 5.74) is 1.52. The summed E-state index contributed by atoms with van der Waals surface area (Å²) < 4.78 is 5.99. The summed E-state index contributed by atoms with van der Waals surface area (Å²) in [7, 11) is 0. The van der Waals surface area contributed by atoms with Crippen LogP contribution in [0, 0.1) is 5.92 Å². The van der Waals surface area contributed by atoms with Gasteiger partial charge in [0.2, 0.25) is 0 Å². The van der Waals surface area contributed by atoms with Crippen molar-refractivity contribution in [2.24, 2.45) is 5.92 Å². The molecule has 2 aliphatic rings. The van der Waals surface area contributed by atoms with E-state index in [2.05, 4.69) is 30.3 Å². The Hall–Kier alpha value is -0.820. The molecule has 0 amide bonds. The van der Waals surface area contributed by atoms with E-state index in [4.69, 9.17) is 4.74 Å². The lowest BCUT2D eigenvalue weighted by Gasteiger charge is -2.28. The topological polar surface area (TPSA) is 9.23 Å². The monoisotopic (exact) mass is 230 g/mol. The number of ether oxygens (including phenoxy) is 1. The van der Waals surface area contributed by atoms with Crippen molar-refractivity contribution in [3.8, 4) is 0 Å². The van der Waals surface area contributed by atoms with E-state index in [1.807, 2.05) is 0 Å². The van der Waals surface area contributed by atoms with Gasteiger partial charge in [0, 0.05) is 6.61 Å². The highest BCUT2D eigenvalue weighted by Crippen LogP contribution is 2.35. The third-order valence-corrected chi connectivity index (χ3v) is 4.21. The summed E-state index contributed by atoms with van der Waals surface area (Å²) in [6, 6.07) is 11.0. The smallest absolute Gasteiger partial charge is 0.0575 e. The first-order valence-electron chi connectivity index (χ1n) is 7.08. The van der Waals surface area contributed by atoms with Crippen LogP contribution in [0.5, 0.6) is 0 Å². The third-order valence-electron chi connectivity index (χ3n) is 4.21. The van der Waals surface area contributed by atoms with Gasteiger partial charge in [-0.2, -0.15) is 0 Å². The van der Waals surface area contributed by atoms with Gasteiger partial charge in [-0.05, 0) is 55.9 Å². The van der Waals surface area contributed by atoms with Gasteiger partial charge in [0.1, 0.15) is 0 Å². The molecule has 0 N–H and O–H groups in total. The van der Waals surface area contributed by atoms with Gasteiger partial charge >= 0.3 is 0 Å². The van der Waals surface area contributed by atoms with E-state index < -0.39 is 0 Å². The average Bonchev–Trinajstić information content (AvgIpc) is 3.22. The molecule has 0 unspecified atom stereocenters. The SMILES string of the molecule is c1ccc(C2CCC(OCC3CC3)CC2)cc1. The quantitative estimate of drug-likeness (QED) is 0.755. The molecule has 0 radical (unpaired) electrons. The Morgan fingerprint density at radius 3 is 2.24 bits per heavy atom. The van der Waals surface area contributed by atoms with Crippen LogP contribution in [0.3, 0.4) is 0 Å². The Labute approximate surface area is 104 Å². The standard InChI is InChI=1S/C16H22O/c1-2-4-14(5-3-1)15-8-10-16(11-9-15)17-12-13-6-7-13/h1-5,13,15-16H,6-12H2. The second-order valence-electron chi connectivity index (χ2n) is 5.66. The van der Waals surface area contributed by atoms with E-state index in [-0.39, 0.29) is 0 Å². The molecule has 17 heavy (non-hydrogen) atoms. The Morgan fingerprint density at radius 2 is 1.59 bits per heavy atom. The van der Waals surface area contributed by atoms with Gasteiger partial charge in [-0.1, -0.05) is 30.3 Å². The maximum absolute atomic E-state index is 5.99. The lowest BCUT2D eigenvalue weighted by molar-refractivity contribution is 0.0186. The summed E-state index contributed by atoms with van der Waals surface area (Å²) in [4.78, 5) is 0. The fraction of sp³-hybridized carbons (Fsp3) is 0.625. The first-order valence-corrected chi connectivity index (χ1v) is 7.08. The first kappa shape index (κ1) is 11.3. The predicted molar refractivity (Wildman–Crippen MR) is 70.1 cm³/mol. The lowest BCUT2D eigenvalue weighted by atomic mass is 9.83. The van der Waals surface area contributed by atoms with Crippen LogP contribution < -0.4 is 0 Å². The van der Waals surface area contributed by atoms with Gasteiger partial charge in [0.05, 0.1) is 6.10 Å². The zero-order valence-electron chi connectivity index (χ0n) is 10.5. The van der Waals surface area contributed by atoms with Gasteiger partial charge in [-0.15, -0.1) is 0 Å². The molecule has 2 aliphatic carbocycles. The van der Waals surface area contributed by atoms with Crippen molar-refractivity contribution in [2.75, 3.05) is 6.61 Å². The molecule has 92 valence electrons. The number of hydrogen-bond acceptors (Lipinski definition) is 1. The second-order valence-corrected chi connectivity index (χ2v) is 5.66. The van der Waals surface area contributed by atoms with Crippen molar-refractivity contribution in [2.45, 2.75) is 50.5 Å². The van der Waals surface area contributed by atoms with Crippen LogP contribution in [0.1, 0.15) is 50.0 Å². The van der Waals surface area contributed by atoms with Crippen LogP contribution >= 0.6 is 0 Å². The predicted octanol–water partition coefficient (Wildman–Crippen LogP) is 4.14. The first-order chi connectivity index (χ1) is 8.42. The largest absolute Gasteiger partial charge is 0.378 e. The highest BCUT2D eigenvalue weighted by atomic mass is 16.5. The minimum atomic E-state index is 0.551. The van der Waals surface area contributed by atoms with Crippen molar-refractivity contribution >= 4 is 0 Å². The molecule has 0 bridgehead atoms. The van der Waals surface area contributed by atoms with Crippen LogP contribution in [0.2, 0.25) is 0 Å². The molecule has 1 nitrogen and oxygen atoms in total. The fourth-order valence-electron chi connectivity index (χ4n) is 2.84. The molecule has 3 rings (SSSR count). The maximum Gasteiger partial charge on any atom is 0.0575 e. The molecule has 1 aromatic rings. The molecule has 0 heterocycles. The van der Waals surface area contributed by atoms with E-state index in [1.54, 1.807) is 0 Å². The average molecular weight is 230 g/mol. The maximum atomic E-state index is 5.99. The summed E-state index contributed by atoms with van der Waals surface area (Å²) in [5.74, 6) is 1.68. The molecule has 1 heteroatoms. The van der Waals surface area contributed by atoms with Crippen LogP contribution in [0.15, 0.2) is 30.3 Å². The minimum absolute atomic E-state index is 0.551. The molecule has 0 aliphatic heterocycles. The van der Waals surface area contributed by atoms with Crippen molar-refractivity contribution in [3.63, 3.8) is 0 Å². The molecule has 2 saturated carbocycles. The van der Waals surface area contributed by atoms with Crippen LogP contribution in [-0.2, 0) is 4.74 Å². The van der Waals surface area contributed by atoms with Crippen molar-refractivity contribution in [1.82, 2.24) is 0 Å². The van der Waals surface area contributed by atoms with Crippen LogP contribution in [0.4, 0.5) is 0 Å². The zero-order chi connectivity index (χ0) is 11.5. The van der Waals surface area contributed by atoms with Crippen molar-refractivity contribution in [1.29, 1.82) is 0 Å². The fourth-order valence-corrected chi connectivity index (χ4v) is 2.84. The Balaban J connectivity index is 1.46. The van der Waals surface area contributed by atoms with E-state index >= 15 is 0 Å². The molecule has 0 atom stereocenters. The number of rotatable bonds is 4. The summed E-state index contributed by atoms with van der Waals surface area (Å²) in [6.07, 6.45) is 8.48. The second kappa shape index (κ2) is 5.22. The highest BCUT2D eigenvalue weighted by molar-refractivity contribution is 5.19. The van der Waals surface area contributed by atoms with E-state index in [9.17, 15) is 0 Å². The molecular weight excluding hydrogens is 208 g/mol. The van der Waals surface area contributed by atoms with Gasteiger partial charge in [-0.3, -0.25) is 0 Å². The molecular formula is C16H22O. The summed E-state index contributed by atoms with van der Waals surface area (Å²) >= 11 is 0. The van der Waals surface area contributed by atoms with Gasteiger partial charge in [0.15, 0.2) is 0 Å². The van der Waals surface area contributed by atoms with Crippen molar-refractivity contribution < 1.29 is 4.74 Å². The van der Waals surface area contributed by atoms with Gasteiger partial charge in [0.25, 0.3) is 0 Å². The van der Waals surface area contributed by atoms with Crippen molar-refractivity contribution in [3.05, 3.63) is 35.9 Å².